The lowest BCUT2D eigenvalue weighted by Crippen LogP contribution is -2.39. The van der Waals surface area contributed by atoms with Crippen molar-refractivity contribution in [2.75, 3.05) is 19.6 Å². The Balaban J connectivity index is 2.12. The molecule has 2 nitrogen and oxygen atoms in total. The second kappa shape index (κ2) is 6.35. The monoisotopic (exact) mass is 246 g/mol. The first-order chi connectivity index (χ1) is 8.76. The van der Waals surface area contributed by atoms with Crippen LogP contribution in [0.2, 0.25) is 0 Å². The molecule has 1 aliphatic rings. The number of aryl methyl sites for hydroxylation is 1. The zero-order valence-corrected chi connectivity index (χ0v) is 11.7. The summed E-state index contributed by atoms with van der Waals surface area (Å²) >= 11 is 0. The molecule has 2 N–H and O–H groups in total. The molecule has 100 valence electrons. The van der Waals surface area contributed by atoms with Crippen LogP contribution in [0.25, 0.3) is 0 Å². The molecule has 1 aliphatic carbocycles. The standard InChI is InChI=1S/C16H26N2/c1-3-18(12-14-8-6-9-14)16(11-17)15-10-5-4-7-13(15)2/h4-5,7,10,14,16H,3,6,8-9,11-12,17H2,1-2H3. The maximum Gasteiger partial charge on any atom is 0.0473 e. The van der Waals surface area contributed by atoms with Crippen molar-refractivity contribution in [1.82, 2.24) is 4.90 Å². The molecule has 0 heterocycles. The fraction of sp³-hybridized carbons (Fsp3) is 0.625. The molecular weight excluding hydrogens is 220 g/mol. The predicted octanol–water partition coefficient (Wildman–Crippen LogP) is 3.12. The van der Waals surface area contributed by atoms with Gasteiger partial charge >= 0.3 is 0 Å². The first-order valence-electron chi connectivity index (χ1n) is 7.26. The van der Waals surface area contributed by atoms with E-state index >= 15 is 0 Å². The molecule has 0 amide bonds. The average molecular weight is 246 g/mol. The van der Waals surface area contributed by atoms with Gasteiger partial charge in [-0.25, -0.2) is 0 Å². The van der Waals surface area contributed by atoms with Crippen LogP contribution < -0.4 is 5.73 Å². The predicted molar refractivity (Wildman–Crippen MR) is 77.6 cm³/mol. The Bertz CT molecular complexity index is 371. The molecule has 1 aromatic carbocycles. The van der Waals surface area contributed by atoms with Crippen LogP contribution in [-0.4, -0.2) is 24.5 Å². The van der Waals surface area contributed by atoms with Crippen molar-refractivity contribution in [3.63, 3.8) is 0 Å². The van der Waals surface area contributed by atoms with E-state index in [4.69, 9.17) is 5.73 Å². The Morgan fingerprint density at radius 3 is 2.56 bits per heavy atom. The van der Waals surface area contributed by atoms with Gasteiger partial charge in [0.15, 0.2) is 0 Å². The Labute approximate surface area is 111 Å². The van der Waals surface area contributed by atoms with E-state index in [0.717, 1.165) is 12.5 Å². The normalized spacial score (nSPS) is 17.8. The van der Waals surface area contributed by atoms with Crippen LogP contribution in [0.4, 0.5) is 0 Å². The lowest BCUT2D eigenvalue weighted by molar-refractivity contribution is 0.141. The van der Waals surface area contributed by atoms with Gasteiger partial charge < -0.3 is 5.73 Å². The minimum Gasteiger partial charge on any atom is -0.329 e. The van der Waals surface area contributed by atoms with Gasteiger partial charge in [-0.05, 0) is 43.4 Å². The molecule has 2 rings (SSSR count). The highest BCUT2D eigenvalue weighted by Crippen LogP contribution is 2.30. The minimum absolute atomic E-state index is 0.386. The smallest absolute Gasteiger partial charge is 0.0473 e. The quantitative estimate of drug-likeness (QED) is 0.835. The Morgan fingerprint density at radius 1 is 1.33 bits per heavy atom. The van der Waals surface area contributed by atoms with E-state index in [1.165, 1.54) is 36.9 Å². The molecule has 2 heteroatoms. The molecule has 0 spiro atoms. The van der Waals surface area contributed by atoms with E-state index in [9.17, 15) is 0 Å². The SMILES string of the molecule is CCN(CC1CCC1)C(CN)c1ccccc1C. The molecule has 0 bridgehead atoms. The van der Waals surface area contributed by atoms with E-state index in [1.54, 1.807) is 0 Å². The maximum absolute atomic E-state index is 6.04. The molecule has 0 saturated heterocycles. The zero-order chi connectivity index (χ0) is 13.0. The van der Waals surface area contributed by atoms with Crippen molar-refractivity contribution in [3.05, 3.63) is 35.4 Å². The third kappa shape index (κ3) is 2.93. The number of hydrogen-bond donors (Lipinski definition) is 1. The van der Waals surface area contributed by atoms with Crippen LogP contribution in [0.5, 0.6) is 0 Å². The number of rotatable bonds is 6. The molecule has 1 atom stereocenters. The van der Waals surface area contributed by atoms with Gasteiger partial charge in [0.1, 0.15) is 0 Å². The van der Waals surface area contributed by atoms with E-state index in [1.807, 2.05) is 0 Å². The van der Waals surface area contributed by atoms with Crippen LogP contribution >= 0.6 is 0 Å². The molecule has 18 heavy (non-hydrogen) atoms. The first kappa shape index (κ1) is 13.6. The van der Waals surface area contributed by atoms with E-state index in [-0.39, 0.29) is 0 Å². The highest BCUT2D eigenvalue weighted by Gasteiger charge is 2.25. The summed E-state index contributed by atoms with van der Waals surface area (Å²) in [6, 6.07) is 9.04. The summed E-state index contributed by atoms with van der Waals surface area (Å²) < 4.78 is 0. The highest BCUT2D eigenvalue weighted by molar-refractivity contribution is 5.29. The van der Waals surface area contributed by atoms with Gasteiger partial charge in [0, 0.05) is 19.1 Å². The fourth-order valence-corrected chi connectivity index (χ4v) is 2.92. The van der Waals surface area contributed by atoms with Crippen LogP contribution in [0, 0.1) is 12.8 Å². The molecular formula is C16H26N2. The van der Waals surface area contributed by atoms with E-state index < -0.39 is 0 Å². The van der Waals surface area contributed by atoms with Crippen LogP contribution in [-0.2, 0) is 0 Å². The summed E-state index contributed by atoms with van der Waals surface area (Å²) in [5.41, 5.74) is 8.81. The third-order valence-corrected chi connectivity index (χ3v) is 4.34. The van der Waals surface area contributed by atoms with Crippen molar-refractivity contribution in [1.29, 1.82) is 0 Å². The van der Waals surface area contributed by atoms with Crippen molar-refractivity contribution in [2.45, 2.75) is 39.2 Å². The fourth-order valence-electron chi connectivity index (χ4n) is 2.92. The Morgan fingerprint density at radius 2 is 2.06 bits per heavy atom. The third-order valence-electron chi connectivity index (χ3n) is 4.34. The molecule has 1 aromatic rings. The van der Waals surface area contributed by atoms with Crippen molar-refractivity contribution in [3.8, 4) is 0 Å². The average Bonchev–Trinajstić information content (AvgIpc) is 2.33. The Hall–Kier alpha value is -0.860. The van der Waals surface area contributed by atoms with Crippen molar-refractivity contribution < 1.29 is 0 Å². The van der Waals surface area contributed by atoms with Gasteiger partial charge in [-0.1, -0.05) is 37.6 Å². The lowest BCUT2D eigenvalue weighted by Gasteiger charge is -2.37. The van der Waals surface area contributed by atoms with Gasteiger partial charge in [0.2, 0.25) is 0 Å². The van der Waals surface area contributed by atoms with Crippen molar-refractivity contribution >= 4 is 0 Å². The van der Waals surface area contributed by atoms with Crippen LogP contribution in [0.15, 0.2) is 24.3 Å². The number of benzene rings is 1. The Kier molecular flexibility index (Phi) is 4.79. The summed E-state index contributed by atoms with van der Waals surface area (Å²) in [5, 5.41) is 0. The molecule has 1 unspecified atom stereocenters. The van der Waals surface area contributed by atoms with Gasteiger partial charge in [-0.15, -0.1) is 0 Å². The lowest BCUT2D eigenvalue weighted by atomic mass is 9.84. The summed E-state index contributed by atoms with van der Waals surface area (Å²) in [6.07, 6.45) is 4.23. The largest absolute Gasteiger partial charge is 0.329 e. The second-order valence-electron chi connectivity index (χ2n) is 5.49. The van der Waals surface area contributed by atoms with Gasteiger partial charge in [0.05, 0.1) is 0 Å². The topological polar surface area (TPSA) is 29.3 Å². The van der Waals surface area contributed by atoms with Gasteiger partial charge in [-0.3, -0.25) is 4.90 Å². The van der Waals surface area contributed by atoms with Crippen LogP contribution in [0.3, 0.4) is 0 Å². The highest BCUT2D eigenvalue weighted by atomic mass is 15.2. The number of likely N-dealkylation sites (N-methyl/N-ethyl adjacent to an activating group) is 1. The van der Waals surface area contributed by atoms with Gasteiger partial charge in [0.25, 0.3) is 0 Å². The molecule has 0 aliphatic heterocycles. The molecule has 0 radical (unpaired) electrons. The zero-order valence-electron chi connectivity index (χ0n) is 11.7. The summed E-state index contributed by atoms with van der Waals surface area (Å²) in [6.45, 7) is 7.46. The van der Waals surface area contributed by atoms with E-state index in [2.05, 4.69) is 43.0 Å². The summed E-state index contributed by atoms with van der Waals surface area (Å²) in [5.74, 6) is 0.906. The molecule has 0 aromatic heterocycles. The van der Waals surface area contributed by atoms with Crippen molar-refractivity contribution in [2.24, 2.45) is 11.7 Å². The summed E-state index contributed by atoms with van der Waals surface area (Å²) in [4.78, 5) is 2.56. The van der Waals surface area contributed by atoms with Crippen LogP contribution in [0.1, 0.15) is 43.4 Å². The first-order valence-corrected chi connectivity index (χ1v) is 7.26. The van der Waals surface area contributed by atoms with Gasteiger partial charge in [-0.2, -0.15) is 0 Å². The molecule has 1 fully saturated rings. The number of nitrogens with two attached hydrogens (primary N) is 1. The maximum atomic E-state index is 6.04. The number of nitrogens with zero attached hydrogens (tertiary/aromatic N) is 1. The molecule has 1 saturated carbocycles. The second-order valence-corrected chi connectivity index (χ2v) is 5.49. The summed E-state index contributed by atoms with van der Waals surface area (Å²) in [7, 11) is 0. The minimum atomic E-state index is 0.386. The van der Waals surface area contributed by atoms with E-state index in [0.29, 0.717) is 12.6 Å². The number of hydrogen-bond acceptors (Lipinski definition) is 2.